The minimum absolute atomic E-state index is 0. The summed E-state index contributed by atoms with van der Waals surface area (Å²) in [5, 5.41) is 1.53. The van der Waals surface area contributed by atoms with Crippen molar-refractivity contribution in [2.45, 2.75) is 62.4 Å². The summed E-state index contributed by atoms with van der Waals surface area (Å²) >= 11 is 10.1. The molecule has 6 rings (SSSR count). The molecular weight excluding hydrogens is 701 g/mol. The number of rotatable bonds is 4. The molecule has 2 aliphatic rings. The molecule has 5 heteroatoms. The number of hydrogen-bond donors (Lipinski definition) is 0. The Labute approximate surface area is 293 Å². The van der Waals surface area contributed by atoms with Gasteiger partial charge in [-0.25, -0.2) is 0 Å². The zero-order chi connectivity index (χ0) is 29.8. The zero-order valence-electron chi connectivity index (χ0n) is 26.1. The molecule has 4 aromatic rings. The van der Waals surface area contributed by atoms with Crippen molar-refractivity contribution in [2.24, 2.45) is 0 Å². The molecule has 44 heavy (non-hydrogen) atoms. The van der Waals surface area contributed by atoms with E-state index < -0.39 is 21.3 Å². The molecule has 0 amide bonds. The summed E-state index contributed by atoms with van der Waals surface area (Å²) in [4.78, 5) is 0. The average molecular weight is 740 g/mol. The molecule has 0 aliphatic heterocycles. The fraction of sp³-hybridized carbons (Fsp3) is 0.256. The minimum Gasteiger partial charge on any atom is -1.00 e. The van der Waals surface area contributed by atoms with E-state index in [1.807, 2.05) is 24.3 Å². The summed E-state index contributed by atoms with van der Waals surface area (Å²) < 4.78 is 3.50. The van der Waals surface area contributed by atoms with E-state index in [0.717, 1.165) is 16.5 Å². The Balaban J connectivity index is 0.00000221. The van der Waals surface area contributed by atoms with E-state index in [-0.39, 0.29) is 35.6 Å². The van der Waals surface area contributed by atoms with Gasteiger partial charge in [-0.05, 0) is 0 Å². The number of hydrogen-bond acceptors (Lipinski definition) is 0. The van der Waals surface area contributed by atoms with Gasteiger partial charge in [0.1, 0.15) is 0 Å². The van der Waals surface area contributed by atoms with Gasteiger partial charge in [-0.1, -0.05) is 0 Å². The van der Waals surface area contributed by atoms with Gasteiger partial charge in [0.15, 0.2) is 0 Å². The number of benzene rings is 4. The molecule has 0 aromatic heterocycles. The van der Waals surface area contributed by atoms with Gasteiger partial charge >= 0.3 is 271 Å². The fourth-order valence-corrected chi connectivity index (χ4v) is 15.6. The van der Waals surface area contributed by atoms with Crippen LogP contribution in [0.1, 0.15) is 85.0 Å². The largest absolute Gasteiger partial charge is 1.00 e. The van der Waals surface area contributed by atoms with E-state index in [4.69, 9.17) is 23.2 Å². The summed E-state index contributed by atoms with van der Waals surface area (Å²) in [6.07, 6.45) is 8.05. The maximum Gasteiger partial charge on any atom is -1.00 e. The molecule has 0 nitrogen and oxygen atoms in total. The summed E-state index contributed by atoms with van der Waals surface area (Å²) in [6, 6.07) is 31.7. The Morgan fingerprint density at radius 1 is 0.636 bits per heavy atom. The molecule has 0 bridgehead atoms. The molecule has 0 spiro atoms. The first-order valence-corrected chi connectivity index (χ1v) is 19.5. The maximum atomic E-state index is 6.42. The van der Waals surface area contributed by atoms with Crippen molar-refractivity contribution >= 4 is 26.4 Å². The van der Waals surface area contributed by atoms with E-state index in [2.05, 4.69) is 120 Å². The molecule has 0 saturated carbocycles. The predicted octanol–water partition coefficient (Wildman–Crippen LogP) is 5.40. The van der Waals surface area contributed by atoms with Crippen molar-refractivity contribution in [3.05, 3.63) is 150 Å². The molecular formula is C39H38Cl4Zr. The summed E-state index contributed by atoms with van der Waals surface area (Å²) in [6.45, 7) is 13.9. The molecule has 0 N–H and O–H groups in total. The monoisotopic (exact) mass is 736 g/mol. The first-order chi connectivity index (χ1) is 19.9. The molecule has 2 aliphatic carbocycles. The second kappa shape index (κ2) is 13.6. The van der Waals surface area contributed by atoms with Crippen molar-refractivity contribution in [3.8, 4) is 11.1 Å². The van der Waals surface area contributed by atoms with Crippen molar-refractivity contribution < 1.29 is 46.1 Å². The fourth-order valence-electron chi connectivity index (χ4n) is 6.34. The molecule has 226 valence electrons. The van der Waals surface area contributed by atoms with E-state index in [1.54, 1.807) is 3.28 Å². The average Bonchev–Trinajstić information content (AvgIpc) is 3.58. The quantitative estimate of drug-likeness (QED) is 0.264. The van der Waals surface area contributed by atoms with E-state index >= 15 is 0 Å². The van der Waals surface area contributed by atoms with Crippen LogP contribution >= 0.6 is 23.2 Å². The molecule has 4 aromatic carbocycles. The number of allylic oxidation sites excluding steroid dienone is 4. The molecule has 0 fully saturated rings. The molecule has 0 heterocycles. The molecule has 0 atom stereocenters. The second-order valence-corrected chi connectivity index (χ2v) is 20.8. The zero-order valence-corrected chi connectivity index (χ0v) is 31.6. The van der Waals surface area contributed by atoms with Crippen LogP contribution < -0.4 is 24.8 Å². The first-order valence-electron chi connectivity index (χ1n) is 14.8. The standard InChI is InChI=1S/C21H25.C13H8Cl2.C5H5.2ClH.Zr/c1-20(2,3)16-9-7-14-11-15-8-10-17(21(4,5)6)13-19(15)18(14)12-16;14-12-5-1-10(2-6-12)9-11-3-7-13(15)8-4-11;1-2-4-5-3-1;;;/h7-13H,1-6H3;1-8H;1-3H,4H2;2*1H;/q;;;;;+2/p-2. The van der Waals surface area contributed by atoms with Gasteiger partial charge < -0.3 is 24.8 Å². The topological polar surface area (TPSA) is 0 Å². The van der Waals surface area contributed by atoms with Gasteiger partial charge in [0, 0.05) is 0 Å². The third-order valence-corrected chi connectivity index (χ3v) is 17.5. The smallest absolute Gasteiger partial charge is 1.00 e. The molecule has 0 saturated heterocycles. The van der Waals surface area contributed by atoms with Crippen molar-refractivity contribution in [2.75, 3.05) is 0 Å². The maximum absolute atomic E-state index is 6.42. The second-order valence-electron chi connectivity index (χ2n) is 13.7. The van der Waals surface area contributed by atoms with Gasteiger partial charge in [-0.2, -0.15) is 0 Å². The van der Waals surface area contributed by atoms with Crippen LogP contribution in [0.15, 0.2) is 106 Å². The molecule has 0 unspecified atom stereocenters. The van der Waals surface area contributed by atoms with Crippen molar-refractivity contribution in [3.63, 3.8) is 0 Å². The van der Waals surface area contributed by atoms with Crippen LogP contribution in [0, 0.1) is 0 Å². The summed E-state index contributed by atoms with van der Waals surface area (Å²) in [5.74, 6) is 0. The third kappa shape index (κ3) is 6.84. The summed E-state index contributed by atoms with van der Waals surface area (Å²) in [7, 11) is 0. The molecule has 0 radical (unpaired) electrons. The van der Waals surface area contributed by atoms with Crippen molar-refractivity contribution in [1.82, 2.24) is 0 Å². The SMILES string of the molecule is CC(C)(C)c1ccc2c(c1)-c1cc(C(C)(C)C)ccc1[CH]2[Zr+2]([C]1=CC=CC1)=[C](c1ccc(Cl)cc1)c1ccc(Cl)cc1.[Cl-].[Cl-]. The Bertz CT molecular complexity index is 1650. The van der Waals surface area contributed by atoms with Crippen LogP contribution in [0.4, 0.5) is 0 Å². The summed E-state index contributed by atoms with van der Waals surface area (Å²) in [5.41, 5.74) is 11.3. The van der Waals surface area contributed by atoms with Crippen molar-refractivity contribution in [1.29, 1.82) is 0 Å². The van der Waals surface area contributed by atoms with Crippen LogP contribution in [-0.2, 0) is 32.1 Å². The van der Waals surface area contributed by atoms with E-state index in [0.29, 0.717) is 3.63 Å². The number of fused-ring (bicyclic) bond motifs is 3. The Hall–Kier alpha value is -1.73. The Kier molecular flexibility index (Phi) is 10.8. The Morgan fingerprint density at radius 2 is 1.07 bits per heavy atom. The van der Waals surface area contributed by atoms with Crippen LogP contribution in [0.25, 0.3) is 11.1 Å². The van der Waals surface area contributed by atoms with Crippen LogP contribution in [0.3, 0.4) is 0 Å². The van der Waals surface area contributed by atoms with E-state index in [1.165, 1.54) is 47.7 Å². The van der Waals surface area contributed by atoms with Crippen LogP contribution in [0.5, 0.6) is 0 Å². The normalized spacial score (nSPS) is 13.7. The van der Waals surface area contributed by atoms with Gasteiger partial charge in [0.05, 0.1) is 0 Å². The predicted molar refractivity (Wildman–Crippen MR) is 179 cm³/mol. The van der Waals surface area contributed by atoms with Gasteiger partial charge in [0.2, 0.25) is 0 Å². The van der Waals surface area contributed by atoms with Gasteiger partial charge in [-0.15, -0.1) is 0 Å². The first kappa shape index (κ1) is 35.1. The Morgan fingerprint density at radius 3 is 1.43 bits per heavy atom. The third-order valence-electron chi connectivity index (χ3n) is 8.69. The number of halogens is 4. The van der Waals surface area contributed by atoms with Crippen LogP contribution in [0.2, 0.25) is 10.0 Å². The van der Waals surface area contributed by atoms with Gasteiger partial charge in [-0.3, -0.25) is 0 Å². The van der Waals surface area contributed by atoms with Gasteiger partial charge in [0.25, 0.3) is 0 Å². The van der Waals surface area contributed by atoms with Crippen LogP contribution in [-0.4, -0.2) is 3.21 Å². The minimum atomic E-state index is -2.74. The van der Waals surface area contributed by atoms with E-state index in [9.17, 15) is 0 Å².